The van der Waals surface area contributed by atoms with Gasteiger partial charge < -0.3 is 19.7 Å². The Morgan fingerprint density at radius 3 is 2.64 bits per heavy atom. The van der Waals surface area contributed by atoms with Crippen molar-refractivity contribution in [3.63, 3.8) is 0 Å². The van der Waals surface area contributed by atoms with Crippen LogP contribution in [0.3, 0.4) is 0 Å². The molecule has 0 bridgehead atoms. The minimum atomic E-state index is -1.09. The molecule has 0 fully saturated rings. The van der Waals surface area contributed by atoms with Crippen LogP contribution >= 0.6 is 11.3 Å². The molecule has 0 unspecified atom stereocenters. The average Bonchev–Trinajstić information content (AvgIpc) is 2.61. The van der Waals surface area contributed by atoms with Gasteiger partial charge in [-0.25, -0.2) is 4.79 Å². The molecule has 0 spiro atoms. The van der Waals surface area contributed by atoms with E-state index in [1.165, 1.54) is 23.5 Å². The lowest BCUT2D eigenvalue weighted by molar-refractivity contribution is 0.0698. The minimum absolute atomic E-state index is 0.0748. The Labute approximate surface area is 146 Å². The van der Waals surface area contributed by atoms with Gasteiger partial charge in [0.05, 0.1) is 35.5 Å². The number of carboxylic acids is 1. The first-order valence-corrected chi connectivity index (χ1v) is 8.48. The van der Waals surface area contributed by atoms with E-state index in [0.29, 0.717) is 15.8 Å². The van der Waals surface area contributed by atoms with Crippen LogP contribution in [0.1, 0.15) is 10.4 Å². The normalized spacial score (nSPS) is 11.1. The lowest BCUT2D eigenvalue weighted by Gasteiger charge is -2.11. The topological polar surface area (TPSA) is 93.1 Å². The molecule has 0 aliphatic heterocycles. The summed E-state index contributed by atoms with van der Waals surface area (Å²) in [5.41, 5.74) is -0.175. The van der Waals surface area contributed by atoms with E-state index < -0.39 is 5.97 Å². The number of benzene rings is 2. The highest BCUT2D eigenvalue weighted by molar-refractivity contribution is 7.25. The van der Waals surface area contributed by atoms with Gasteiger partial charge in [-0.1, -0.05) is 12.1 Å². The first-order chi connectivity index (χ1) is 12.1. The lowest BCUT2D eigenvalue weighted by Crippen LogP contribution is -2.12. The van der Waals surface area contributed by atoms with E-state index in [1.807, 2.05) is 6.07 Å². The minimum Gasteiger partial charge on any atom is -0.490 e. The Kier molecular flexibility index (Phi) is 5.28. The third-order valence-electron chi connectivity index (χ3n) is 3.64. The number of carboxylic acid groups (broad SMARTS) is 1. The Hall–Kier alpha value is -2.48. The van der Waals surface area contributed by atoms with Crippen LogP contribution in [-0.2, 0) is 4.74 Å². The molecule has 3 aromatic rings. The molecule has 6 nitrogen and oxygen atoms in total. The van der Waals surface area contributed by atoms with Crippen molar-refractivity contribution in [2.24, 2.45) is 0 Å². The average molecular weight is 360 g/mol. The number of hydrogen-bond acceptors (Lipinski definition) is 6. The molecule has 0 aliphatic carbocycles. The van der Waals surface area contributed by atoms with Crippen molar-refractivity contribution < 1.29 is 24.5 Å². The summed E-state index contributed by atoms with van der Waals surface area (Å²) in [6.07, 6.45) is 0. The zero-order chi connectivity index (χ0) is 17.8. The number of aromatic carboxylic acids is 1. The largest absolute Gasteiger partial charge is 0.490 e. The van der Waals surface area contributed by atoms with Crippen molar-refractivity contribution in [3.05, 3.63) is 52.2 Å². The Bertz CT molecular complexity index is 978. The summed E-state index contributed by atoms with van der Waals surface area (Å²) in [6, 6.07) is 10.0. The molecule has 1 aromatic heterocycles. The van der Waals surface area contributed by atoms with Gasteiger partial charge in [0.15, 0.2) is 5.43 Å². The summed E-state index contributed by atoms with van der Waals surface area (Å²) in [4.78, 5) is 24.4. The van der Waals surface area contributed by atoms with E-state index in [0.717, 1.165) is 4.70 Å². The van der Waals surface area contributed by atoms with Gasteiger partial charge in [-0.2, -0.15) is 0 Å². The van der Waals surface area contributed by atoms with Crippen molar-refractivity contribution >= 4 is 37.5 Å². The molecule has 0 radical (unpaired) electrons. The fourth-order valence-electron chi connectivity index (χ4n) is 2.54. The fourth-order valence-corrected chi connectivity index (χ4v) is 3.74. The van der Waals surface area contributed by atoms with E-state index in [2.05, 4.69) is 0 Å². The monoisotopic (exact) mass is 360 g/mol. The lowest BCUT2D eigenvalue weighted by atomic mass is 10.1. The molecule has 25 heavy (non-hydrogen) atoms. The van der Waals surface area contributed by atoms with Gasteiger partial charge >= 0.3 is 5.97 Å². The number of rotatable bonds is 7. The fraction of sp³-hybridized carbons (Fsp3) is 0.222. The van der Waals surface area contributed by atoms with Crippen LogP contribution in [0.25, 0.3) is 20.2 Å². The van der Waals surface area contributed by atoms with E-state index >= 15 is 0 Å². The third-order valence-corrected chi connectivity index (χ3v) is 4.85. The Balaban J connectivity index is 2.12. The predicted octanol–water partition coefficient (Wildman–Crippen LogP) is 2.50. The second kappa shape index (κ2) is 7.60. The van der Waals surface area contributed by atoms with Gasteiger partial charge in [0.25, 0.3) is 0 Å². The summed E-state index contributed by atoms with van der Waals surface area (Å²) < 4.78 is 11.9. The van der Waals surface area contributed by atoms with Crippen molar-refractivity contribution in [1.82, 2.24) is 0 Å². The molecule has 1 heterocycles. The highest BCUT2D eigenvalue weighted by Crippen LogP contribution is 2.33. The van der Waals surface area contributed by atoms with E-state index in [-0.39, 0.29) is 42.8 Å². The smallest absolute Gasteiger partial charge is 0.337 e. The van der Waals surface area contributed by atoms with Gasteiger partial charge in [-0.3, -0.25) is 4.79 Å². The maximum atomic E-state index is 12.9. The second-order valence-electron chi connectivity index (χ2n) is 5.23. The Morgan fingerprint density at radius 2 is 1.88 bits per heavy atom. The zero-order valence-corrected chi connectivity index (χ0v) is 14.0. The maximum Gasteiger partial charge on any atom is 0.337 e. The first kappa shape index (κ1) is 17.3. The van der Waals surface area contributed by atoms with Crippen molar-refractivity contribution in [2.75, 3.05) is 26.4 Å². The zero-order valence-electron chi connectivity index (χ0n) is 13.2. The van der Waals surface area contributed by atoms with Crippen LogP contribution in [0.5, 0.6) is 5.75 Å². The van der Waals surface area contributed by atoms with Gasteiger partial charge in [0, 0.05) is 10.1 Å². The van der Waals surface area contributed by atoms with Crippen LogP contribution < -0.4 is 10.2 Å². The van der Waals surface area contributed by atoms with Gasteiger partial charge in [0.2, 0.25) is 0 Å². The molecule has 7 heteroatoms. The molecule has 0 aliphatic rings. The second-order valence-corrected chi connectivity index (χ2v) is 6.28. The summed E-state index contributed by atoms with van der Waals surface area (Å²) in [6.45, 7) is 0.586. The van der Waals surface area contributed by atoms with Crippen molar-refractivity contribution in [2.45, 2.75) is 0 Å². The molecule has 2 aromatic carbocycles. The van der Waals surface area contributed by atoms with Crippen molar-refractivity contribution in [1.29, 1.82) is 0 Å². The molecule has 130 valence electrons. The number of aliphatic hydroxyl groups is 1. The molecule has 2 N–H and O–H groups in total. The van der Waals surface area contributed by atoms with E-state index in [1.54, 1.807) is 18.2 Å². The highest BCUT2D eigenvalue weighted by Gasteiger charge is 2.17. The molecule has 3 rings (SSSR count). The number of aliphatic hydroxyl groups excluding tert-OH is 1. The number of carbonyl (C=O) groups is 1. The molecule has 0 saturated carbocycles. The van der Waals surface area contributed by atoms with Crippen LogP contribution in [0.2, 0.25) is 0 Å². The quantitative estimate of drug-likeness (QED) is 0.497. The number of ether oxygens (including phenoxy) is 2. The van der Waals surface area contributed by atoms with E-state index in [4.69, 9.17) is 14.6 Å². The SMILES string of the molecule is O=C(O)c1ccc(OCCOCCO)c2c(=O)c3ccccc3sc12. The van der Waals surface area contributed by atoms with Crippen LogP contribution in [-0.4, -0.2) is 42.6 Å². The van der Waals surface area contributed by atoms with Crippen LogP contribution in [0.15, 0.2) is 41.2 Å². The highest BCUT2D eigenvalue weighted by atomic mass is 32.1. The van der Waals surface area contributed by atoms with E-state index in [9.17, 15) is 14.7 Å². The molecular formula is C18H16O6S. The van der Waals surface area contributed by atoms with Crippen molar-refractivity contribution in [3.8, 4) is 5.75 Å². The Morgan fingerprint density at radius 1 is 1.08 bits per heavy atom. The maximum absolute atomic E-state index is 12.9. The first-order valence-electron chi connectivity index (χ1n) is 7.66. The summed E-state index contributed by atoms with van der Waals surface area (Å²) >= 11 is 1.26. The molecule has 0 saturated heterocycles. The number of hydrogen-bond donors (Lipinski definition) is 2. The summed E-state index contributed by atoms with van der Waals surface area (Å²) in [5.74, 6) is -0.756. The molecule has 0 atom stereocenters. The number of fused-ring (bicyclic) bond motifs is 2. The van der Waals surface area contributed by atoms with Gasteiger partial charge in [-0.05, 0) is 24.3 Å². The third kappa shape index (κ3) is 3.48. The van der Waals surface area contributed by atoms with Gasteiger partial charge in [0.1, 0.15) is 12.4 Å². The molecule has 0 amide bonds. The summed E-state index contributed by atoms with van der Waals surface area (Å²) in [7, 11) is 0. The van der Waals surface area contributed by atoms with Crippen LogP contribution in [0.4, 0.5) is 0 Å². The standard InChI is InChI=1S/C18H16O6S/c19-7-8-23-9-10-24-13-6-5-12(18(21)22)17-15(13)16(20)11-3-1-2-4-14(11)25-17/h1-6,19H,7-10H2,(H,21,22). The van der Waals surface area contributed by atoms with Crippen LogP contribution in [0, 0.1) is 0 Å². The van der Waals surface area contributed by atoms with Gasteiger partial charge in [-0.15, -0.1) is 11.3 Å². The predicted molar refractivity (Wildman–Crippen MR) is 96.0 cm³/mol. The molecular weight excluding hydrogens is 344 g/mol. The summed E-state index contributed by atoms with van der Waals surface area (Å²) in [5, 5.41) is 18.9.